The number of hydrogen-bond acceptors (Lipinski definition) is 3. The van der Waals surface area contributed by atoms with Gasteiger partial charge in [-0.15, -0.1) is 0 Å². The number of hydrogen-bond donors (Lipinski definition) is 0. The van der Waals surface area contributed by atoms with E-state index in [4.69, 9.17) is 4.74 Å². The Morgan fingerprint density at radius 2 is 2.00 bits per heavy atom. The summed E-state index contributed by atoms with van der Waals surface area (Å²) in [5.74, 6) is 0. The molecule has 1 saturated heterocycles. The number of nitrogens with zero attached hydrogens (tertiary/aromatic N) is 2. The summed E-state index contributed by atoms with van der Waals surface area (Å²) >= 11 is 0. The summed E-state index contributed by atoms with van der Waals surface area (Å²) in [5.41, 5.74) is 0.999. The van der Waals surface area contributed by atoms with E-state index in [0.717, 1.165) is 5.56 Å². The molecule has 1 aromatic heterocycles. The van der Waals surface area contributed by atoms with Crippen LogP contribution in [-0.4, -0.2) is 28.1 Å². The molecule has 0 saturated carbocycles. The Labute approximate surface area is 95.2 Å². The zero-order valence-electron chi connectivity index (χ0n) is 9.75. The SMILES string of the molecule is CC(C)N1C(=O)OC(c2ccncc2)C1C. The average molecular weight is 220 g/mol. The summed E-state index contributed by atoms with van der Waals surface area (Å²) in [7, 11) is 0. The van der Waals surface area contributed by atoms with Crippen molar-refractivity contribution in [3.8, 4) is 0 Å². The van der Waals surface area contributed by atoms with Gasteiger partial charge in [0.2, 0.25) is 0 Å². The van der Waals surface area contributed by atoms with Crippen molar-refractivity contribution in [3.63, 3.8) is 0 Å². The van der Waals surface area contributed by atoms with Crippen LogP contribution in [0.2, 0.25) is 0 Å². The molecule has 86 valence electrons. The number of carbonyl (C=O) groups excluding carboxylic acids is 1. The highest BCUT2D eigenvalue weighted by atomic mass is 16.6. The van der Waals surface area contributed by atoms with Gasteiger partial charge in [-0.2, -0.15) is 0 Å². The second-order valence-corrected chi connectivity index (χ2v) is 4.33. The third-order valence-corrected chi connectivity index (χ3v) is 2.91. The Morgan fingerprint density at radius 3 is 2.50 bits per heavy atom. The predicted molar refractivity (Wildman–Crippen MR) is 59.9 cm³/mol. The molecule has 4 nitrogen and oxygen atoms in total. The summed E-state index contributed by atoms with van der Waals surface area (Å²) < 4.78 is 5.39. The minimum atomic E-state index is -0.232. The van der Waals surface area contributed by atoms with E-state index in [2.05, 4.69) is 4.98 Å². The third kappa shape index (κ3) is 1.75. The van der Waals surface area contributed by atoms with E-state index >= 15 is 0 Å². The molecule has 16 heavy (non-hydrogen) atoms. The number of aromatic nitrogens is 1. The molecule has 0 aromatic carbocycles. The topological polar surface area (TPSA) is 42.4 Å². The van der Waals surface area contributed by atoms with Gasteiger partial charge in [0, 0.05) is 18.4 Å². The van der Waals surface area contributed by atoms with Crippen LogP contribution in [0.15, 0.2) is 24.5 Å². The van der Waals surface area contributed by atoms with Gasteiger partial charge in [0.25, 0.3) is 0 Å². The predicted octanol–water partition coefficient (Wildman–Crippen LogP) is 2.37. The molecule has 1 amide bonds. The fraction of sp³-hybridized carbons (Fsp3) is 0.500. The van der Waals surface area contributed by atoms with Crippen LogP contribution in [0.4, 0.5) is 4.79 Å². The highest BCUT2D eigenvalue weighted by Crippen LogP contribution is 2.33. The highest BCUT2D eigenvalue weighted by Gasteiger charge is 2.40. The third-order valence-electron chi connectivity index (χ3n) is 2.91. The van der Waals surface area contributed by atoms with Gasteiger partial charge in [-0.25, -0.2) is 4.79 Å². The van der Waals surface area contributed by atoms with Crippen molar-refractivity contribution in [1.29, 1.82) is 0 Å². The normalized spacial score (nSPS) is 25.0. The second-order valence-electron chi connectivity index (χ2n) is 4.33. The number of amides is 1. The van der Waals surface area contributed by atoms with E-state index in [1.165, 1.54) is 0 Å². The maximum atomic E-state index is 11.7. The van der Waals surface area contributed by atoms with Gasteiger partial charge in [-0.05, 0) is 38.5 Å². The summed E-state index contributed by atoms with van der Waals surface area (Å²) in [5, 5.41) is 0. The van der Waals surface area contributed by atoms with Crippen LogP contribution < -0.4 is 0 Å². The Balaban J connectivity index is 2.24. The van der Waals surface area contributed by atoms with E-state index in [-0.39, 0.29) is 24.3 Å². The van der Waals surface area contributed by atoms with Crippen LogP contribution in [0.5, 0.6) is 0 Å². The van der Waals surface area contributed by atoms with Crippen LogP contribution in [0.1, 0.15) is 32.4 Å². The lowest BCUT2D eigenvalue weighted by atomic mass is 10.0. The fourth-order valence-corrected chi connectivity index (χ4v) is 2.16. The molecule has 2 atom stereocenters. The summed E-state index contributed by atoms with van der Waals surface area (Å²) in [6.45, 7) is 6.00. The van der Waals surface area contributed by atoms with Crippen molar-refractivity contribution in [1.82, 2.24) is 9.88 Å². The lowest BCUT2D eigenvalue weighted by Gasteiger charge is -2.24. The van der Waals surface area contributed by atoms with E-state index < -0.39 is 0 Å². The van der Waals surface area contributed by atoms with Crippen molar-refractivity contribution in [3.05, 3.63) is 30.1 Å². The monoisotopic (exact) mass is 220 g/mol. The number of cyclic esters (lactones) is 1. The standard InChI is InChI=1S/C12H16N2O2/c1-8(2)14-9(3)11(16-12(14)15)10-4-6-13-7-5-10/h4-9,11H,1-3H3. The Hall–Kier alpha value is -1.58. The minimum absolute atomic E-state index is 0.0647. The van der Waals surface area contributed by atoms with Crippen LogP contribution in [0, 0.1) is 0 Å². The largest absolute Gasteiger partial charge is 0.439 e. The number of carbonyl (C=O) groups is 1. The first-order valence-electron chi connectivity index (χ1n) is 5.50. The van der Waals surface area contributed by atoms with Gasteiger partial charge in [-0.1, -0.05) is 0 Å². The summed E-state index contributed by atoms with van der Waals surface area (Å²) in [6, 6.07) is 4.00. The van der Waals surface area contributed by atoms with Gasteiger partial charge in [0.05, 0.1) is 6.04 Å². The molecule has 0 aliphatic carbocycles. The zero-order valence-corrected chi connectivity index (χ0v) is 9.75. The van der Waals surface area contributed by atoms with E-state index in [9.17, 15) is 4.79 Å². The Kier molecular flexibility index (Phi) is 2.81. The average Bonchev–Trinajstić information content (AvgIpc) is 2.55. The molecule has 0 N–H and O–H groups in total. The molecule has 0 bridgehead atoms. The quantitative estimate of drug-likeness (QED) is 0.768. The molecule has 4 heteroatoms. The first-order valence-corrected chi connectivity index (χ1v) is 5.50. The van der Waals surface area contributed by atoms with Gasteiger partial charge < -0.3 is 4.74 Å². The van der Waals surface area contributed by atoms with Gasteiger partial charge in [0.1, 0.15) is 6.10 Å². The molecular weight excluding hydrogens is 204 g/mol. The summed E-state index contributed by atoms with van der Waals surface area (Å²) in [4.78, 5) is 17.4. The van der Waals surface area contributed by atoms with Crippen molar-refractivity contribution in [2.45, 2.75) is 39.0 Å². The van der Waals surface area contributed by atoms with E-state index in [0.29, 0.717) is 0 Å². The minimum Gasteiger partial charge on any atom is -0.439 e. The first kappa shape index (κ1) is 10.9. The van der Waals surface area contributed by atoms with E-state index in [1.54, 1.807) is 17.3 Å². The lowest BCUT2D eigenvalue weighted by Crippen LogP contribution is -2.37. The maximum Gasteiger partial charge on any atom is 0.411 e. The van der Waals surface area contributed by atoms with Gasteiger partial charge in [0.15, 0.2) is 0 Å². The van der Waals surface area contributed by atoms with Crippen molar-refractivity contribution >= 4 is 6.09 Å². The molecular formula is C12H16N2O2. The van der Waals surface area contributed by atoms with Crippen LogP contribution in [0.25, 0.3) is 0 Å². The van der Waals surface area contributed by atoms with Gasteiger partial charge in [-0.3, -0.25) is 9.88 Å². The molecule has 1 aromatic rings. The Morgan fingerprint density at radius 1 is 1.38 bits per heavy atom. The van der Waals surface area contributed by atoms with Crippen molar-refractivity contribution < 1.29 is 9.53 Å². The van der Waals surface area contributed by atoms with Crippen molar-refractivity contribution in [2.24, 2.45) is 0 Å². The molecule has 2 rings (SSSR count). The molecule has 1 aliphatic rings. The van der Waals surface area contributed by atoms with E-state index in [1.807, 2.05) is 32.9 Å². The maximum absolute atomic E-state index is 11.7. The fourth-order valence-electron chi connectivity index (χ4n) is 2.16. The van der Waals surface area contributed by atoms with Crippen LogP contribution in [0.3, 0.4) is 0 Å². The van der Waals surface area contributed by atoms with Crippen molar-refractivity contribution in [2.75, 3.05) is 0 Å². The number of ether oxygens (including phenoxy) is 1. The molecule has 2 unspecified atom stereocenters. The highest BCUT2D eigenvalue weighted by molar-refractivity contribution is 5.71. The molecule has 1 fully saturated rings. The number of rotatable bonds is 2. The van der Waals surface area contributed by atoms with Crippen LogP contribution in [-0.2, 0) is 4.74 Å². The summed E-state index contributed by atoms with van der Waals surface area (Å²) in [6.07, 6.45) is 3.02. The molecule has 2 heterocycles. The molecule has 0 radical (unpaired) electrons. The first-order chi connectivity index (χ1) is 7.61. The van der Waals surface area contributed by atoms with Crippen LogP contribution >= 0.6 is 0 Å². The second kappa shape index (κ2) is 4.12. The molecule has 1 aliphatic heterocycles. The Bertz CT molecular complexity index is 378. The number of pyridine rings is 1. The smallest absolute Gasteiger partial charge is 0.411 e. The zero-order chi connectivity index (χ0) is 11.7. The lowest BCUT2D eigenvalue weighted by molar-refractivity contribution is 0.129. The van der Waals surface area contributed by atoms with Gasteiger partial charge >= 0.3 is 6.09 Å². The molecule has 0 spiro atoms.